The number of carbonyl (C=O) groups excluding carboxylic acids is 2. The van der Waals surface area contributed by atoms with Gasteiger partial charge in [0.15, 0.2) is 5.88 Å². The van der Waals surface area contributed by atoms with Crippen molar-refractivity contribution in [3.63, 3.8) is 0 Å². The van der Waals surface area contributed by atoms with E-state index < -0.39 is 0 Å². The highest BCUT2D eigenvalue weighted by molar-refractivity contribution is 6.09. The maximum Gasteiger partial charge on any atom is 0.258 e. The third-order valence-electron chi connectivity index (χ3n) is 3.61. The molecule has 0 saturated heterocycles. The Morgan fingerprint density at radius 3 is 2.46 bits per heavy atom. The number of fused-ring (bicyclic) bond motifs is 2. The van der Waals surface area contributed by atoms with Crippen molar-refractivity contribution in [1.82, 2.24) is 10.3 Å². The van der Waals surface area contributed by atoms with Gasteiger partial charge in [-0.05, 0) is 23.1 Å². The Morgan fingerprint density at radius 2 is 1.62 bits per heavy atom. The van der Waals surface area contributed by atoms with Crippen LogP contribution < -0.4 is 10.9 Å². The van der Waals surface area contributed by atoms with E-state index in [4.69, 9.17) is 0 Å². The number of rotatable bonds is 0. The predicted octanol–water partition coefficient (Wildman–Crippen LogP) is 1.73. The summed E-state index contributed by atoms with van der Waals surface area (Å²) < 4.78 is 0. The molecule has 3 N–H and O–H groups in total. The third-order valence-corrected chi connectivity index (χ3v) is 3.61. The fourth-order valence-electron chi connectivity index (χ4n) is 2.51. The number of carbonyl (C=O) groups is 2. The van der Waals surface area contributed by atoms with E-state index in [0.29, 0.717) is 17.4 Å². The summed E-state index contributed by atoms with van der Waals surface area (Å²) in [6.45, 7) is 0. The quantitative estimate of drug-likeness (QED) is 0.549. The zero-order chi connectivity index (χ0) is 17.1. The summed E-state index contributed by atoms with van der Waals surface area (Å²) in [5.41, 5.74) is 1.13. The molecule has 2 heterocycles. The third kappa shape index (κ3) is 3.17. The normalized spacial score (nSPS) is 12.8. The number of benzene rings is 2. The molecule has 0 atom stereocenters. The SMILES string of the molecule is O=C1Cc2ccccc2C(=O)N1.O=c1cc2ccccc2c(O)[nH]1. The van der Waals surface area contributed by atoms with Gasteiger partial charge in [0.25, 0.3) is 11.5 Å². The summed E-state index contributed by atoms with van der Waals surface area (Å²) in [6, 6.07) is 15.7. The Hall–Kier alpha value is -3.41. The second-order valence-electron chi connectivity index (χ2n) is 5.28. The van der Waals surface area contributed by atoms with Crippen LogP contribution in [0.2, 0.25) is 0 Å². The summed E-state index contributed by atoms with van der Waals surface area (Å²) in [5, 5.41) is 13.0. The zero-order valence-electron chi connectivity index (χ0n) is 12.6. The van der Waals surface area contributed by atoms with E-state index in [0.717, 1.165) is 10.9 Å². The average molecular weight is 322 g/mol. The van der Waals surface area contributed by atoms with E-state index >= 15 is 0 Å². The van der Waals surface area contributed by atoms with Crippen LogP contribution >= 0.6 is 0 Å². The van der Waals surface area contributed by atoms with Crippen LogP contribution in [-0.2, 0) is 11.2 Å². The molecule has 0 fully saturated rings. The van der Waals surface area contributed by atoms with Crippen molar-refractivity contribution in [2.45, 2.75) is 6.42 Å². The molecule has 2 amide bonds. The Morgan fingerprint density at radius 1 is 0.917 bits per heavy atom. The minimum Gasteiger partial charge on any atom is -0.494 e. The molecule has 1 aromatic heterocycles. The lowest BCUT2D eigenvalue weighted by Gasteiger charge is -2.13. The maximum absolute atomic E-state index is 11.2. The topological polar surface area (TPSA) is 99.3 Å². The molecule has 0 unspecified atom stereocenters. The van der Waals surface area contributed by atoms with Crippen LogP contribution in [0.4, 0.5) is 0 Å². The fraction of sp³-hybridized carbons (Fsp3) is 0.0556. The molecule has 120 valence electrons. The van der Waals surface area contributed by atoms with Gasteiger partial charge in [0.1, 0.15) is 0 Å². The summed E-state index contributed by atoms with van der Waals surface area (Å²) in [7, 11) is 0. The van der Waals surface area contributed by atoms with E-state index in [1.54, 1.807) is 36.4 Å². The van der Waals surface area contributed by atoms with Crippen molar-refractivity contribution in [3.05, 3.63) is 76.1 Å². The van der Waals surface area contributed by atoms with Crippen LogP contribution in [0.1, 0.15) is 15.9 Å². The number of amides is 2. The first kappa shape index (κ1) is 15.5. The largest absolute Gasteiger partial charge is 0.494 e. The average Bonchev–Trinajstić information content (AvgIpc) is 2.55. The molecule has 6 heteroatoms. The molecule has 4 rings (SSSR count). The summed E-state index contributed by atoms with van der Waals surface area (Å²) in [5.74, 6) is -0.585. The van der Waals surface area contributed by atoms with Crippen LogP contribution in [0.5, 0.6) is 5.88 Å². The lowest BCUT2D eigenvalue weighted by molar-refractivity contribution is -0.119. The zero-order valence-corrected chi connectivity index (χ0v) is 12.6. The molecule has 0 saturated carbocycles. The molecule has 0 aliphatic carbocycles. The first-order chi connectivity index (χ1) is 11.5. The van der Waals surface area contributed by atoms with E-state index in [9.17, 15) is 19.5 Å². The minimum atomic E-state index is -0.290. The van der Waals surface area contributed by atoms with Gasteiger partial charge in [-0.1, -0.05) is 36.4 Å². The van der Waals surface area contributed by atoms with Crippen molar-refractivity contribution < 1.29 is 14.7 Å². The molecule has 0 radical (unpaired) electrons. The second-order valence-corrected chi connectivity index (χ2v) is 5.28. The van der Waals surface area contributed by atoms with Gasteiger partial charge in [0.05, 0.1) is 6.42 Å². The van der Waals surface area contributed by atoms with Crippen LogP contribution in [0, 0.1) is 0 Å². The highest BCUT2D eigenvalue weighted by Crippen LogP contribution is 2.18. The van der Waals surface area contributed by atoms with Crippen molar-refractivity contribution in [3.8, 4) is 5.88 Å². The number of hydrogen-bond acceptors (Lipinski definition) is 4. The van der Waals surface area contributed by atoms with Gasteiger partial charge >= 0.3 is 0 Å². The van der Waals surface area contributed by atoms with Crippen LogP contribution in [0.15, 0.2) is 59.4 Å². The second kappa shape index (κ2) is 6.37. The number of aromatic hydroxyl groups is 1. The van der Waals surface area contributed by atoms with Crippen LogP contribution in [0.3, 0.4) is 0 Å². The van der Waals surface area contributed by atoms with Gasteiger partial charge in [-0.15, -0.1) is 0 Å². The van der Waals surface area contributed by atoms with E-state index in [1.165, 1.54) is 6.07 Å². The number of hydrogen-bond donors (Lipinski definition) is 3. The Bertz CT molecular complexity index is 991. The summed E-state index contributed by atoms with van der Waals surface area (Å²) >= 11 is 0. The molecule has 6 nitrogen and oxygen atoms in total. The standard InChI is InChI=1S/2C9H7NO2/c2*11-8-5-6-3-1-2-4-7(6)9(12)10-8/h1-4H,5H2,(H,10,11,12);1-5H,(H2,10,11,12). The monoisotopic (exact) mass is 322 g/mol. The fourth-order valence-corrected chi connectivity index (χ4v) is 2.51. The number of imide groups is 1. The Balaban J connectivity index is 0.000000141. The van der Waals surface area contributed by atoms with Gasteiger partial charge in [-0.2, -0.15) is 0 Å². The smallest absolute Gasteiger partial charge is 0.258 e. The van der Waals surface area contributed by atoms with E-state index in [1.807, 2.05) is 12.1 Å². The van der Waals surface area contributed by atoms with Gasteiger partial charge < -0.3 is 5.11 Å². The highest BCUT2D eigenvalue weighted by Gasteiger charge is 2.20. The summed E-state index contributed by atoms with van der Waals surface area (Å²) in [4.78, 5) is 35.3. The number of pyridine rings is 1. The lowest BCUT2D eigenvalue weighted by atomic mass is 10.0. The Kier molecular flexibility index (Phi) is 4.11. The predicted molar refractivity (Wildman–Crippen MR) is 88.9 cm³/mol. The van der Waals surface area contributed by atoms with Crippen LogP contribution in [0.25, 0.3) is 10.8 Å². The van der Waals surface area contributed by atoms with Crippen molar-refractivity contribution in [2.24, 2.45) is 0 Å². The molecular formula is C18H14N2O4. The van der Waals surface area contributed by atoms with Gasteiger partial charge in [-0.3, -0.25) is 24.7 Å². The van der Waals surface area contributed by atoms with Crippen molar-refractivity contribution >= 4 is 22.6 Å². The van der Waals surface area contributed by atoms with Crippen LogP contribution in [-0.4, -0.2) is 21.9 Å². The lowest BCUT2D eigenvalue weighted by Crippen LogP contribution is -2.37. The minimum absolute atomic E-state index is 0.0712. The number of aromatic amines is 1. The summed E-state index contributed by atoms with van der Waals surface area (Å²) in [6.07, 6.45) is 0.307. The van der Waals surface area contributed by atoms with Crippen molar-refractivity contribution in [2.75, 3.05) is 0 Å². The number of aromatic nitrogens is 1. The number of H-pyrrole nitrogens is 1. The van der Waals surface area contributed by atoms with Gasteiger partial charge in [0, 0.05) is 17.0 Å². The first-order valence-electron chi connectivity index (χ1n) is 7.28. The maximum atomic E-state index is 11.2. The molecule has 24 heavy (non-hydrogen) atoms. The Labute approximate surface area is 136 Å². The molecule has 1 aliphatic heterocycles. The van der Waals surface area contributed by atoms with E-state index in [-0.39, 0.29) is 23.3 Å². The molecule has 0 bridgehead atoms. The van der Waals surface area contributed by atoms with E-state index in [2.05, 4.69) is 10.3 Å². The van der Waals surface area contributed by atoms with Crippen molar-refractivity contribution in [1.29, 1.82) is 0 Å². The molecule has 2 aromatic carbocycles. The number of nitrogens with one attached hydrogen (secondary N) is 2. The molecular weight excluding hydrogens is 308 g/mol. The highest BCUT2D eigenvalue weighted by atomic mass is 16.3. The van der Waals surface area contributed by atoms with Gasteiger partial charge in [-0.25, -0.2) is 0 Å². The van der Waals surface area contributed by atoms with Gasteiger partial charge in [0.2, 0.25) is 5.91 Å². The first-order valence-corrected chi connectivity index (χ1v) is 7.28. The molecule has 1 aliphatic rings. The molecule has 0 spiro atoms. The molecule has 3 aromatic rings.